The zero-order chi connectivity index (χ0) is 15.9. The van der Waals surface area contributed by atoms with Gasteiger partial charge in [0.25, 0.3) is 10.0 Å². The van der Waals surface area contributed by atoms with Crippen molar-refractivity contribution in [2.75, 3.05) is 26.2 Å². The number of hydrogen-bond donors (Lipinski definition) is 0. The maximum absolute atomic E-state index is 12.7. The van der Waals surface area contributed by atoms with Crippen molar-refractivity contribution in [1.82, 2.24) is 18.8 Å². The van der Waals surface area contributed by atoms with E-state index in [1.165, 1.54) is 4.31 Å². The summed E-state index contributed by atoms with van der Waals surface area (Å²) >= 11 is 0. The molecule has 2 fully saturated rings. The average Bonchev–Trinajstić information content (AvgIpc) is 3.28. The average molecular weight is 326 g/mol. The van der Waals surface area contributed by atoms with Crippen LogP contribution in [0.2, 0.25) is 0 Å². The second-order valence-corrected chi connectivity index (χ2v) is 7.98. The molecule has 0 aromatic carbocycles. The first-order valence-corrected chi connectivity index (χ1v) is 9.12. The third-order valence-electron chi connectivity index (χ3n) is 4.38. The molecule has 1 saturated carbocycles. The monoisotopic (exact) mass is 326 g/mol. The van der Waals surface area contributed by atoms with Crippen LogP contribution >= 0.6 is 0 Å². The smallest absolute Gasteiger partial charge is 0.262 e. The summed E-state index contributed by atoms with van der Waals surface area (Å²) in [7, 11) is -1.80. The summed E-state index contributed by atoms with van der Waals surface area (Å²) in [5, 5.41) is 0.0921. The minimum atomic E-state index is -3.58. The highest BCUT2D eigenvalue weighted by atomic mass is 32.2. The number of hydrogen-bond acceptors (Lipinski definition) is 4. The van der Waals surface area contributed by atoms with Crippen molar-refractivity contribution in [2.24, 2.45) is 13.0 Å². The maximum Gasteiger partial charge on any atom is 0.262 e. The van der Waals surface area contributed by atoms with E-state index < -0.39 is 10.0 Å². The van der Waals surface area contributed by atoms with E-state index in [2.05, 4.69) is 4.98 Å². The van der Waals surface area contributed by atoms with Crippen LogP contribution in [0.15, 0.2) is 11.2 Å². The van der Waals surface area contributed by atoms with Crippen LogP contribution < -0.4 is 0 Å². The number of rotatable bonds is 3. The van der Waals surface area contributed by atoms with E-state index in [1.54, 1.807) is 24.7 Å². The van der Waals surface area contributed by atoms with Gasteiger partial charge in [0.15, 0.2) is 5.03 Å². The molecule has 0 unspecified atom stereocenters. The molecule has 2 heterocycles. The molecule has 22 heavy (non-hydrogen) atoms. The molecule has 1 aliphatic heterocycles. The van der Waals surface area contributed by atoms with Gasteiger partial charge in [-0.25, -0.2) is 13.4 Å². The molecule has 0 bridgehead atoms. The first kappa shape index (κ1) is 15.5. The van der Waals surface area contributed by atoms with Crippen molar-refractivity contribution < 1.29 is 13.2 Å². The normalized spacial score (nSPS) is 20.9. The molecule has 1 aromatic heterocycles. The summed E-state index contributed by atoms with van der Waals surface area (Å²) < 4.78 is 28.5. The molecule has 122 valence electrons. The standard InChI is InChI=1S/C14H22N4O3S/c1-11-15-13(10-16(11)2)22(20,21)18-7-3-6-17(8-9-18)14(19)12-4-5-12/h10,12H,3-9H2,1-2H3. The molecule has 7 nitrogen and oxygen atoms in total. The molecule has 8 heteroatoms. The Morgan fingerprint density at radius 2 is 1.95 bits per heavy atom. The number of carbonyl (C=O) groups is 1. The van der Waals surface area contributed by atoms with Crippen LogP contribution in [0.5, 0.6) is 0 Å². The van der Waals surface area contributed by atoms with Gasteiger partial charge in [-0.2, -0.15) is 4.31 Å². The third kappa shape index (κ3) is 2.89. The Morgan fingerprint density at radius 3 is 2.55 bits per heavy atom. The van der Waals surface area contributed by atoms with Crippen molar-refractivity contribution in [2.45, 2.75) is 31.2 Å². The lowest BCUT2D eigenvalue weighted by Crippen LogP contribution is -2.38. The zero-order valence-corrected chi connectivity index (χ0v) is 13.8. The summed E-state index contributed by atoms with van der Waals surface area (Å²) in [6, 6.07) is 0. The Labute approximate surface area is 131 Å². The summed E-state index contributed by atoms with van der Waals surface area (Å²) in [5.74, 6) is 1.04. The second-order valence-electron chi connectivity index (χ2n) is 6.09. The van der Waals surface area contributed by atoms with Gasteiger partial charge in [-0.3, -0.25) is 4.79 Å². The van der Waals surface area contributed by atoms with E-state index in [0.717, 1.165) is 12.8 Å². The van der Waals surface area contributed by atoms with Gasteiger partial charge in [0.2, 0.25) is 5.91 Å². The van der Waals surface area contributed by atoms with Crippen LogP contribution in [0.3, 0.4) is 0 Å². The van der Waals surface area contributed by atoms with E-state index in [-0.39, 0.29) is 16.9 Å². The Morgan fingerprint density at radius 1 is 1.23 bits per heavy atom. The minimum Gasteiger partial charge on any atom is -0.341 e. The van der Waals surface area contributed by atoms with Gasteiger partial charge in [-0.15, -0.1) is 0 Å². The number of carbonyl (C=O) groups excluding carboxylic acids is 1. The van der Waals surface area contributed by atoms with Crippen LogP contribution in [0.4, 0.5) is 0 Å². The molecule has 0 spiro atoms. The summed E-state index contributed by atoms with van der Waals surface area (Å²) in [6.45, 7) is 3.67. The molecule has 3 rings (SSSR count). The predicted octanol–water partition coefficient (Wildman–Crippen LogP) is 0.362. The Hall–Kier alpha value is -1.41. The zero-order valence-electron chi connectivity index (χ0n) is 13.0. The Kier molecular flexibility index (Phi) is 3.98. The molecule has 1 saturated heterocycles. The number of aromatic nitrogens is 2. The van der Waals surface area contributed by atoms with E-state index >= 15 is 0 Å². The van der Waals surface area contributed by atoms with Gasteiger partial charge in [0.05, 0.1) is 0 Å². The van der Waals surface area contributed by atoms with Crippen molar-refractivity contribution in [3.05, 3.63) is 12.0 Å². The predicted molar refractivity (Wildman–Crippen MR) is 80.6 cm³/mol. The maximum atomic E-state index is 12.7. The lowest BCUT2D eigenvalue weighted by atomic mass is 10.3. The highest BCUT2D eigenvalue weighted by Gasteiger charge is 2.35. The Balaban J connectivity index is 1.73. The molecule has 1 amide bonds. The molecule has 0 radical (unpaired) electrons. The first-order valence-electron chi connectivity index (χ1n) is 7.68. The third-order valence-corrected chi connectivity index (χ3v) is 6.15. The number of aryl methyl sites for hydroxylation is 2. The number of amides is 1. The summed E-state index contributed by atoms with van der Waals surface area (Å²) in [5.41, 5.74) is 0. The van der Waals surface area contributed by atoms with E-state index in [1.807, 2.05) is 4.90 Å². The van der Waals surface area contributed by atoms with Gasteiger partial charge < -0.3 is 9.47 Å². The first-order chi connectivity index (χ1) is 10.4. The second kappa shape index (κ2) is 5.66. The minimum absolute atomic E-state index is 0.0921. The topological polar surface area (TPSA) is 75.5 Å². The van der Waals surface area contributed by atoms with E-state index in [4.69, 9.17) is 0 Å². The summed E-state index contributed by atoms with van der Waals surface area (Å²) in [4.78, 5) is 18.1. The number of nitrogens with zero attached hydrogens (tertiary/aromatic N) is 4. The van der Waals surface area contributed by atoms with Crippen molar-refractivity contribution in [3.63, 3.8) is 0 Å². The van der Waals surface area contributed by atoms with E-state index in [0.29, 0.717) is 38.4 Å². The highest BCUT2D eigenvalue weighted by Crippen LogP contribution is 2.31. The lowest BCUT2D eigenvalue weighted by molar-refractivity contribution is -0.132. The quantitative estimate of drug-likeness (QED) is 0.804. The van der Waals surface area contributed by atoms with Gasteiger partial charge in [-0.1, -0.05) is 0 Å². The van der Waals surface area contributed by atoms with E-state index in [9.17, 15) is 13.2 Å². The van der Waals surface area contributed by atoms with Crippen LogP contribution in [-0.2, 0) is 21.9 Å². The fourth-order valence-corrected chi connectivity index (χ4v) is 4.22. The molecular weight excluding hydrogens is 304 g/mol. The van der Waals surface area contributed by atoms with Gasteiger partial charge >= 0.3 is 0 Å². The van der Waals surface area contributed by atoms with Gasteiger partial charge in [0, 0.05) is 45.3 Å². The van der Waals surface area contributed by atoms with Crippen molar-refractivity contribution in [1.29, 1.82) is 0 Å². The molecular formula is C14H22N4O3S. The molecule has 2 aliphatic rings. The molecule has 0 atom stereocenters. The van der Waals surface area contributed by atoms with Crippen molar-refractivity contribution >= 4 is 15.9 Å². The molecule has 1 aromatic rings. The lowest BCUT2D eigenvalue weighted by Gasteiger charge is -2.21. The van der Waals surface area contributed by atoms with Crippen LogP contribution in [0.1, 0.15) is 25.1 Å². The van der Waals surface area contributed by atoms with Crippen LogP contribution in [0, 0.1) is 12.8 Å². The fraction of sp³-hybridized carbons (Fsp3) is 0.714. The number of sulfonamides is 1. The highest BCUT2D eigenvalue weighted by molar-refractivity contribution is 7.89. The van der Waals surface area contributed by atoms with Gasteiger partial charge in [-0.05, 0) is 26.2 Å². The Bertz CT molecular complexity index is 659. The van der Waals surface area contributed by atoms with Crippen LogP contribution in [-0.4, -0.2) is 59.3 Å². The van der Waals surface area contributed by atoms with Gasteiger partial charge in [0.1, 0.15) is 5.82 Å². The summed E-state index contributed by atoms with van der Waals surface area (Å²) in [6.07, 6.45) is 4.17. The number of imidazole rings is 1. The molecule has 1 aliphatic carbocycles. The fourth-order valence-electron chi connectivity index (χ4n) is 2.73. The molecule has 0 N–H and O–H groups in total. The largest absolute Gasteiger partial charge is 0.341 e. The van der Waals surface area contributed by atoms with Crippen LogP contribution in [0.25, 0.3) is 0 Å². The SMILES string of the molecule is Cc1nc(S(=O)(=O)N2CCCN(C(=O)C3CC3)CC2)cn1C. The van der Waals surface area contributed by atoms with Crippen molar-refractivity contribution in [3.8, 4) is 0 Å².